The lowest BCUT2D eigenvalue weighted by Crippen LogP contribution is -2.58. The largest absolute Gasteiger partial charge is 0.378 e. The molecular weight excluding hydrogens is 248 g/mol. The standard InChI is InChI=1S/C17H24N2O/c1-12(2)19-7-6-16-15(4-3-5-17(16)19)13-8-18(9-13)14-10-20-11-14/h3-5,12-14H,6-11H2,1-2H3. The zero-order valence-electron chi connectivity index (χ0n) is 12.5. The van der Waals surface area contributed by atoms with Crippen LogP contribution in [0.5, 0.6) is 0 Å². The van der Waals surface area contributed by atoms with E-state index in [-0.39, 0.29) is 0 Å². The van der Waals surface area contributed by atoms with Crippen molar-refractivity contribution in [2.75, 3.05) is 37.7 Å². The van der Waals surface area contributed by atoms with E-state index >= 15 is 0 Å². The van der Waals surface area contributed by atoms with E-state index in [0.29, 0.717) is 12.1 Å². The van der Waals surface area contributed by atoms with E-state index in [4.69, 9.17) is 4.74 Å². The van der Waals surface area contributed by atoms with Crippen molar-refractivity contribution in [1.82, 2.24) is 4.90 Å². The van der Waals surface area contributed by atoms with E-state index in [9.17, 15) is 0 Å². The fourth-order valence-electron chi connectivity index (χ4n) is 3.85. The number of rotatable bonds is 3. The summed E-state index contributed by atoms with van der Waals surface area (Å²) in [5, 5.41) is 0. The second kappa shape index (κ2) is 4.74. The zero-order valence-corrected chi connectivity index (χ0v) is 12.5. The van der Waals surface area contributed by atoms with Gasteiger partial charge in [0.1, 0.15) is 0 Å². The van der Waals surface area contributed by atoms with Crippen molar-refractivity contribution in [2.24, 2.45) is 0 Å². The van der Waals surface area contributed by atoms with Crippen LogP contribution in [0.3, 0.4) is 0 Å². The first-order valence-corrected chi connectivity index (χ1v) is 7.94. The molecule has 0 spiro atoms. The molecule has 0 bridgehead atoms. The minimum absolute atomic E-state index is 0.608. The fourth-order valence-corrected chi connectivity index (χ4v) is 3.85. The van der Waals surface area contributed by atoms with Gasteiger partial charge in [0, 0.05) is 37.3 Å². The van der Waals surface area contributed by atoms with Gasteiger partial charge in [-0.3, -0.25) is 4.90 Å². The average Bonchev–Trinajstić information content (AvgIpc) is 2.74. The van der Waals surface area contributed by atoms with Crippen LogP contribution in [0.25, 0.3) is 0 Å². The number of hydrogen-bond donors (Lipinski definition) is 0. The molecule has 0 amide bonds. The molecule has 4 rings (SSSR count). The Bertz CT molecular complexity index is 504. The first-order chi connectivity index (χ1) is 9.74. The average molecular weight is 272 g/mol. The van der Waals surface area contributed by atoms with E-state index < -0.39 is 0 Å². The lowest BCUT2D eigenvalue weighted by atomic mass is 9.86. The Morgan fingerprint density at radius 3 is 2.65 bits per heavy atom. The molecular formula is C17H24N2O. The molecule has 0 aliphatic carbocycles. The molecule has 20 heavy (non-hydrogen) atoms. The maximum atomic E-state index is 5.30. The predicted molar refractivity (Wildman–Crippen MR) is 81.5 cm³/mol. The summed E-state index contributed by atoms with van der Waals surface area (Å²) in [7, 11) is 0. The summed E-state index contributed by atoms with van der Waals surface area (Å²) >= 11 is 0. The van der Waals surface area contributed by atoms with Crippen LogP contribution in [0.15, 0.2) is 18.2 Å². The van der Waals surface area contributed by atoms with Gasteiger partial charge in [-0.2, -0.15) is 0 Å². The first-order valence-electron chi connectivity index (χ1n) is 7.94. The molecule has 3 aliphatic rings. The van der Waals surface area contributed by atoms with E-state index in [1.807, 2.05) is 0 Å². The number of fused-ring (bicyclic) bond motifs is 1. The Morgan fingerprint density at radius 1 is 1.20 bits per heavy atom. The maximum absolute atomic E-state index is 5.30. The quantitative estimate of drug-likeness (QED) is 0.839. The summed E-state index contributed by atoms with van der Waals surface area (Å²) in [4.78, 5) is 5.14. The number of benzene rings is 1. The highest BCUT2D eigenvalue weighted by atomic mass is 16.5. The Kier molecular flexibility index (Phi) is 3.00. The molecule has 108 valence electrons. The number of nitrogens with zero attached hydrogens (tertiary/aromatic N) is 2. The molecule has 1 aromatic carbocycles. The molecule has 1 aromatic rings. The van der Waals surface area contributed by atoms with Gasteiger partial charge in [-0.15, -0.1) is 0 Å². The van der Waals surface area contributed by atoms with Gasteiger partial charge < -0.3 is 9.64 Å². The van der Waals surface area contributed by atoms with Gasteiger partial charge in [0.2, 0.25) is 0 Å². The van der Waals surface area contributed by atoms with Gasteiger partial charge >= 0.3 is 0 Å². The van der Waals surface area contributed by atoms with Gasteiger partial charge in [-0.25, -0.2) is 0 Å². The highest BCUT2D eigenvalue weighted by Crippen LogP contribution is 2.39. The van der Waals surface area contributed by atoms with Crippen LogP contribution in [-0.2, 0) is 11.2 Å². The molecule has 3 heterocycles. The number of hydrogen-bond acceptors (Lipinski definition) is 3. The normalized spacial score (nSPS) is 23.9. The number of likely N-dealkylation sites (tertiary alicyclic amines) is 1. The molecule has 0 radical (unpaired) electrons. The number of anilines is 1. The van der Waals surface area contributed by atoms with E-state index in [1.54, 1.807) is 11.1 Å². The third-order valence-electron chi connectivity index (χ3n) is 5.21. The second-order valence-corrected chi connectivity index (χ2v) is 6.72. The smallest absolute Gasteiger partial charge is 0.0645 e. The fraction of sp³-hybridized carbons (Fsp3) is 0.647. The van der Waals surface area contributed by atoms with Crippen molar-refractivity contribution in [1.29, 1.82) is 0 Å². The van der Waals surface area contributed by atoms with Crippen molar-refractivity contribution in [3.63, 3.8) is 0 Å². The molecule has 0 unspecified atom stereocenters. The van der Waals surface area contributed by atoms with Crippen LogP contribution in [-0.4, -0.2) is 49.8 Å². The Balaban J connectivity index is 1.53. The first kappa shape index (κ1) is 12.7. The zero-order chi connectivity index (χ0) is 13.7. The van der Waals surface area contributed by atoms with Crippen molar-refractivity contribution < 1.29 is 4.74 Å². The minimum atomic E-state index is 0.608. The molecule has 2 fully saturated rings. The Labute approximate surface area is 121 Å². The van der Waals surface area contributed by atoms with Gasteiger partial charge in [0.25, 0.3) is 0 Å². The van der Waals surface area contributed by atoms with Gasteiger partial charge in [0.15, 0.2) is 0 Å². The second-order valence-electron chi connectivity index (χ2n) is 6.72. The lowest BCUT2D eigenvalue weighted by Gasteiger charge is -2.48. The summed E-state index contributed by atoms with van der Waals surface area (Å²) in [5.74, 6) is 0.748. The lowest BCUT2D eigenvalue weighted by molar-refractivity contribution is -0.0906. The summed E-state index contributed by atoms with van der Waals surface area (Å²) in [6.07, 6.45) is 1.23. The van der Waals surface area contributed by atoms with Crippen LogP contribution < -0.4 is 4.90 Å². The molecule has 0 aromatic heterocycles. The van der Waals surface area contributed by atoms with Crippen LogP contribution in [0.4, 0.5) is 5.69 Å². The van der Waals surface area contributed by atoms with E-state index in [2.05, 4.69) is 41.8 Å². The van der Waals surface area contributed by atoms with E-state index in [1.165, 1.54) is 31.7 Å². The van der Waals surface area contributed by atoms with Crippen LogP contribution >= 0.6 is 0 Å². The van der Waals surface area contributed by atoms with Crippen LogP contribution in [0, 0.1) is 0 Å². The highest BCUT2D eigenvalue weighted by Gasteiger charge is 2.38. The molecule has 3 heteroatoms. The van der Waals surface area contributed by atoms with Gasteiger partial charge in [0.05, 0.1) is 19.3 Å². The Morgan fingerprint density at radius 2 is 2.00 bits per heavy atom. The summed E-state index contributed by atoms with van der Waals surface area (Å²) in [6.45, 7) is 10.1. The van der Waals surface area contributed by atoms with Crippen molar-refractivity contribution >= 4 is 5.69 Å². The summed E-state index contributed by atoms with van der Waals surface area (Å²) in [6, 6.07) is 8.24. The maximum Gasteiger partial charge on any atom is 0.0645 e. The molecule has 0 atom stereocenters. The van der Waals surface area contributed by atoms with Crippen molar-refractivity contribution in [3.8, 4) is 0 Å². The third-order valence-corrected chi connectivity index (χ3v) is 5.21. The number of ether oxygens (including phenoxy) is 1. The van der Waals surface area contributed by atoms with Crippen molar-refractivity contribution in [2.45, 2.75) is 38.3 Å². The van der Waals surface area contributed by atoms with Gasteiger partial charge in [-0.1, -0.05) is 12.1 Å². The molecule has 3 aliphatic heterocycles. The molecule has 0 saturated carbocycles. The van der Waals surface area contributed by atoms with E-state index in [0.717, 1.165) is 19.1 Å². The molecule has 3 nitrogen and oxygen atoms in total. The summed E-state index contributed by atoms with van der Waals surface area (Å²) < 4.78 is 5.30. The van der Waals surface area contributed by atoms with Crippen LogP contribution in [0.1, 0.15) is 30.9 Å². The molecule has 0 N–H and O–H groups in total. The highest BCUT2D eigenvalue weighted by molar-refractivity contribution is 5.62. The monoisotopic (exact) mass is 272 g/mol. The third kappa shape index (κ3) is 1.87. The molecule has 2 saturated heterocycles. The summed E-state index contributed by atoms with van der Waals surface area (Å²) in [5.41, 5.74) is 4.72. The SMILES string of the molecule is CC(C)N1CCc2c(C3CN(C4COC4)C3)cccc21. The van der Waals surface area contributed by atoms with Crippen molar-refractivity contribution in [3.05, 3.63) is 29.3 Å². The Hall–Kier alpha value is -1.06. The minimum Gasteiger partial charge on any atom is -0.378 e. The predicted octanol–water partition coefficient (Wildman–Crippen LogP) is 2.26. The van der Waals surface area contributed by atoms with Gasteiger partial charge in [-0.05, 0) is 37.5 Å². The van der Waals surface area contributed by atoms with Crippen LogP contribution in [0.2, 0.25) is 0 Å². The topological polar surface area (TPSA) is 15.7 Å².